The van der Waals surface area contributed by atoms with Gasteiger partial charge in [-0.15, -0.1) is 0 Å². The number of hydrogen-bond donors (Lipinski definition) is 2. The Bertz CT molecular complexity index is 2450. The molecule has 5 heterocycles. The highest BCUT2D eigenvalue weighted by molar-refractivity contribution is 6.23. The van der Waals surface area contributed by atoms with Gasteiger partial charge in [0.25, 0.3) is 0 Å². The summed E-state index contributed by atoms with van der Waals surface area (Å²) in [6, 6.07) is 5.99. The molecular weight excluding hydrogens is 813 g/mol. The van der Waals surface area contributed by atoms with Crippen LogP contribution in [-0.4, -0.2) is 57.2 Å². The molecule has 0 radical (unpaired) electrons. The van der Waals surface area contributed by atoms with Gasteiger partial charge in [0, 0.05) is 74.9 Å². The highest BCUT2D eigenvalue weighted by Crippen LogP contribution is 2.48. The van der Waals surface area contributed by atoms with E-state index in [1.807, 2.05) is 38.1 Å². The number of aromatic amines is 2. The van der Waals surface area contributed by atoms with Gasteiger partial charge in [-0.05, 0) is 107 Å². The van der Waals surface area contributed by atoms with Crippen LogP contribution in [0.3, 0.4) is 0 Å². The summed E-state index contributed by atoms with van der Waals surface area (Å²) in [4.78, 5) is 72.1. The lowest BCUT2D eigenvalue weighted by Crippen LogP contribution is -2.21. The molecule has 3 unspecified atom stereocenters. The minimum absolute atomic E-state index is 0.0532. The first-order valence-electron chi connectivity index (χ1n) is 24.7. The number of esters is 2. The number of fused-ring (bicyclic) bond motifs is 8. The Morgan fingerprint density at radius 3 is 2.02 bits per heavy atom. The van der Waals surface area contributed by atoms with Gasteiger partial charge in [-0.2, -0.15) is 0 Å². The van der Waals surface area contributed by atoms with Crippen LogP contribution in [0.25, 0.3) is 22.1 Å². The maximum absolute atomic E-state index is 14.4. The average Bonchev–Trinajstić information content (AvgIpc) is 4.00. The van der Waals surface area contributed by atoms with E-state index in [0.29, 0.717) is 45.8 Å². The highest BCUT2D eigenvalue weighted by Gasteiger charge is 2.45. The van der Waals surface area contributed by atoms with Crippen molar-refractivity contribution in [2.24, 2.45) is 17.8 Å². The van der Waals surface area contributed by atoms with Gasteiger partial charge in [0.2, 0.25) is 0 Å². The van der Waals surface area contributed by atoms with Crippen LogP contribution in [0, 0.1) is 31.6 Å². The van der Waals surface area contributed by atoms with Crippen molar-refractivity contribution < 1.29 is 28.7 Å². The van der Waals surface area contributed by atoms with E-state index in [-0.39, 0.29) is 54.2 Å². The number of carbonyl (C=O) groups excluding carboxylic acids is 4. The summed E-state index contributed by atoms with van der Waals surface area (Å²) >= 11 is 0. The fraction of sp³-hybridized carbons (Fsp3) is 0.600. The zero-order valence-corrected chi connectivity index (χ0v) is 41.5. The van der Waals surface area contributed by atoms with Gasteiger partial charge in [-0.1, -0.05) is 99.0 Å². The fourth-order valence-electron chi connectivity index (χ4n) is 10.8. The second kappa shape index (κ2) is 21.6. The molecule has 0 spiro atoms. The van der Waals surface area contributed by atoms with E-state index >= 15 is 0 Å². The first-order valence-corrected chi connectivity index (χ1v) is 24.7. The molecule has 65 heavy (non-hydrogen) atoms. The molecule has 1 aliphatic carbocycles. The Labute approximate surface area is 387 Å². The number of rotatable bonds is 20. The van der Waals surface area contributed by atoms with Crippen molar-refractivity contribution in [2.75, 3.05) is 13.7 Å². The van der Waals surface area contributed by atoms with Gasteiger partial charge >= 0.3 is 11.9 Å². The van der Waals surface area contributed by atoms with E-state index in [0.717, 1.165) is 70.3 Å². The largest absolute Gasteiger partial charge is 0.468 e. The van der Waals surface area contributed by atoms with Gasteiger partial charge in [0.1, 0.15) is 12.5 Å². The minimum atomic E-state index is -1.21. The zero-order chi connectivity index (χ0) is 47.3. The molecule has 6 rings (SSSR count). The second-order valence-electron chi connectivity index (χ2n) is 20.3. The molecule has 3 aromatic rings. The third-order valence-electron chi connectivity index (χ3n) is 14.9. The van der Waals surface area contributed by atoms with Crippen molar-refractivity contribution >= 4 is 45.6 Å². The molecule has 2 aliphatic heterocycles. The zero-order valence-electron chi connectivity index (χ0n) is 41.5. The first-order chi connectivity index (χ1) is 30.9. The normalized spacial score (nSPS) is 20.4. The van der Waals surface area contributed by atoms with Crippen molar-refractivity contribution in [3.05, 3.63) is 80.4 Å². The van der Waals surface area contributed by atoms with Crippen LogP contribution in [0.15, 0.2) is 29.8 Å². The van der Waals surface area contributed by atoms with E-state index in [9.17, 15) is 19.2 Å². The number of ketones is 2. The summed E-state index contributed by atoms with van der Waals surface area (Å²) in [6.45, 7) is 23.5. The van der Waals surface area contributed by atoms with Crippen LogP contribution < -0.4 is 0 Å². The maximum Gasteiger partial charge on any atom is 0.321 e. The van der Waals surface area contributed by atoms with E-state index in [4.69, 9.17) is 19.4 Å². The quantitative estimate of drug-likeness (QED) is 0.0494. The van der Waals surface area contributed by atoms with Crippen LogP contribution in [0.2, 0.25) is 0 Å². The van der Waals surface area contributed by atoms with Crippen molar-refractivity contribution in [1.82, 2.24) is 19.9 Å². The molecule has 3 aliphatic rings. The summed E-state index contributed by atoms with van der Waals surface area (Å²) in [5, 5.41) is 0. The molecule has 10 heteroatoms. The number of aryl methyl sites for hydroxylation is 2. The standard InChI is InChI=1S/C55H76N4O6/c1-13-39-34(7)41-29-46-48(38(11)60)36(9)43(57-46)27-42-35(8)40(52(58-42)50-51(55(63)64-12)54(62)49-37(10)44(59-53(49)50)28-45(39)56-41)23-24-47(61)65-26-25-33(6)22-16-21-32(5)20-15-19-31(4)18-14-17-30(2)3/h25,27-32,34-35,39-40,51,57,59H,13-24,26H2,1-12H3/b33-25+,41-29?,42-27?,43-27?,44-28?,45-28?,46-29?,52-50?/t31?,32?,34-,35+,39-,40?,51-/m1/s1. The summed E-state index contributed by atoms with van der Waals surface area (Å²) in [6.07, 6.45) is 14.6. The van der Waals surface area contributed by atoms with Crippen LogP contribution in [0.4, 0.5) is 0 Å². The van der Waals surface area contributed by atoms with Gasteiger partial charge in [0.15, 0.2) is 11.6 Å². The SMILES string of the molecule is CC[C@H]1c2cc3[nH]c4c(c3C)C(=O)[C@H](C(=O)OC)c4c3nc(cc4[nH]c(cc(n2)[C@@H]1C)c(C(C)=O)c4C)[C@@H](C)C3CCC(=O)OC/C=C(\C)CCCC(C)CCCC(C)CCCC(C)C. The predicted octanol–water partition coefficient (Wildman–Crippen LogP) is 13.5. The van der Waals surface area contributed by atoms with E-state index in [2.05, 4.69) is 65.4 Å². The number of allylic oxidation sites excluding steroid dienone is 1. The lowest BCUT2D eigenvalue weighted by Gasteiger charge is -2.18. The number of hydrogen-bond acceptors (Lipinski definition) is 8. The van der Waals surface area contributed by atoms with E-state index in [1.165, 1.54) is 57.6 Å². The molecule has 0 saturated heterocycles. The van der Waals surface area contributed by atoms with Crippen molar-refractivity contribution in [1.29, 1.82) is 0 Å². The highest BCUT2D eigenvalue weighted by atomic mass is 16.5. The molecule has 352 valence electrons. The molecule has 8 bridgehead atoms. The van der Waals surface area contributed by atoms with Crippen LogP contribution in [-0.2, 0) is 19.1 Å². The smallest absolute Gasteiger partial charge is 0.321 e. The van der Waals surface area contributed by atoms with Crippen molar-refractivity contribution in [3.63, 3.8) is 0 Å². The molecular formula is C55H76N4O6. The Morgan fingerprint density at radius 1 is 0.769 bits per heavy atom. The maximum atomic E-state index is 14.4. The van der Waals surface area contributed by atoms with E-state index in [1.54, 1.807) is 6.92 Å². The molecule has 0 fully saturated rings. The summed E-state index contributed by atoms with van der Waals surface area (Å²) in [7, 11) is 1.30. The predicted molar refractivity (Wildman–Crippen MR) is 261 cm³/mol. The first kappa shape index (κ1) is 49.6. The number of nitrogens with zero attached hydrogens (tertiary/aromatic N) is 2. The summed E-state index contributed by atoms with van der Waals surface area (Å²) in [5.41, 5.74) is 10.1. The molecule has 0 saturated carbocycles. The van der Waals surface area contributed by atoms with Crippen molar-refractivity contribution in [3.8, 4) is 0 Å². The number of methoxy groups -OCH3 is 1. The topological polar surface area (TPSA) is 144 Å². The van der Waals surface area contributed by atoms with Gasteiger partial charge in [-0.25, -0.2) is 0 Å². The van der Waals surface area contributed by atoms with Crippen LogP contribution in [0.1, 0.15) is 229 Å². The van der Waals surface area contributed by atoms with Gasteiger partial charge in [0.05, 0.1) is 23.8 Å². The average molecular weight is 889 g/mol. The number of Topliss-reactive ketones (excluding diaryl/α,β-unsaturated/α-hetero) is 2. The number of aromatic nitrogens is 4. The summed E-state index contributed by atoms with van der Waals surface area (Å²) in [5.74, 6) is -0.573. The summed E-state index contributed by atoms with van der Waals surface area (Å²) < 4.78 is 11.1. The lowest BCUT2D eigenvalue weighted by atomic mass is 9.84. The Morgan fingerprint density at radius 2 is 1.37 bits per heavy atom. The number of ether oxygens (including phenoxy) is 2. The number of H-pyrrole nitrogens is 2. The van der Waals surface area contributed by atoms with Crippen molar-refractivity contribution in [2.45, 2.75) is 183 Å². The molecule has 3 aromatic heterocycles. The molecule has 10 nitrogen and oxygen atoms in total. The molecule has 0 aromatic carbocycles. The van der Waals surface area contributed by atoms with Gasteiger partial charge < -0.3 is 19.4 Å². The Balaban J connectivity index is 1.25. The monoisotopic (exact) mass is 889 g/mol. The Kier molecular flexibility index (Phi) is 16.5. The molecule has 2 N–H and O–H groups in total. The third-order valence-corrected chi connectivity index (χ3v) is 14.9. The fourth-order valence-corrected chi connectivity index (χ4v) is 10.8. The third kappa shape index (κ3) is 11.1. The minimum Gasteiger partial charge on any atom is -0.468 e. The van der Waals surface area contributed by atoms with Crippen LogP contribution in [0.5, 0.6) is 0 Å². The lowest BCUT2D eigenvalue weighted by molar-refractivity contribution is -0.143. The molecule has 7 atom stereocenters. The van der Waals surface area contributed by atoms with Gasteiger partial charge in [-0.3, -0.25) is 29.1 Å². The van der Waals surface area contributed by atoms with Crippen LogP contribution >= 0.6 is 0 Å². The number of nitrogens with one attached hydrogen (secondary N) is 2. The molecule has 0 amide bonds. The second-order valence-corrected chi connectivity index (χ2v) is 20.3. The number of carbonyl (C=O) groups is 4. The van der Waals surface area contributed by atoms with E-state index < -0.39 is 11.9 Å². The Hall–Kier alpha value is -4.86.